The highest BCUT2D eigenvalue weighted by molar-refractivity contribution is 5.31. The Kier molecular flexibility index (Phi) is 3.90. The molecule has 1 aromatic heterocycles. The third kappa shape index (κ3) is 2.63. The summed E-state index contributed by atoms with van der Waals surface area (Å²) < 4.78 is 28.5. The smallest absolute Gasteiger partial charge is 0.132 e. The van der Waals surface area contributed by atoms with E-state index in [-0.39, 0.29) is 11.1 Å². The van der Waals surface area contributed by atoms with E-state index in [2.05, 4.69) is 10.3 Å². The van der Waals surface area contributed by atoms with Gasteiger partial charge in [-0.05, 0) is 25.0 Å². The molecule has 1 aromatic carbocycles. The van der Waals surface area contributed by atoms with Gasteiger partial charge in [0.1, 0.15) is 17.7 Å². The monoisotopic (exact) mass is 267 g/mol. The second-order valence-corrected chi connectivity index (χ2v) is 4.41. The van der Waals surface area contributed by atoms with E-state index in [0.717, 1.165) is 12.5 Å². The molecule has 2 aromatic rings. The predicted molar refractivity (Wildman–Crippen MR) is 65.5 cm³/mol. The number of nitrogens with zero attached hydrogens (tertiary/aromatic N) is 3. The van der Waals surface area contributed by atoms with E-state index in [1.807, 2.05) is 6.92 Å². The van der Waals surface area contributed by atoms with E-state index in [0.29, 0.717) is 12.2 Å². The third-order valence-electron chi connectivity index (χ3n) is 2.94. The Hall–Kier alpha value is -1.82. The molecule has 1 atom stereocenters. The van der Waals surface area contributed by atoms with Gasteiger partial charge in [0.25, 0.3) is 0 Å². The lowest BCUT2D eigenvalue weighted by molar-refractivity contribution is 0.202. The highest BCUT2D eigenvalue weighted by atomic mass is 19.1. The Balaban J connectivity index is 2.41. The molecule has 19 heavy (non-hydrogen) atoms. The number of hydrogen-bond acceptors (Lipinski definition) is 3. The molecular formula is C13H15F2N3O. The van der Waals surface area contributed by atoms with Crippen molar-refractivity contribution in [1.82, 2.24) is 15.0 Å². The molecule has 1 heterocycles. The van der Waals surface area contributed by atoms with E-state index in [4.69, 9.17) is 0 Å². The third-order valence-corrected chi connectivity index (χ3v) is 2.94. The first-order valence-corrected chi connectivity index (χ1v) is 6.06. The summed E-state index contributed by atoms with van der Waals surface area (Å²) in [6.45, 7) is 4.06. The van der Waals surface area contributed by atoms with Gasteiger partial charge < -0.3 is 5.11 Å². The fourth-order valence-electron chi connectivity index (χ4n) is 1.91. The number of aliphatic hydroxyl groups is 1. The first-order valence-electron chi connectivity index (χ1n) is 6.06. The Morgan fingerprint density at radius 3 is 2.74 bits per heavy atom. The second-order valence-electron chi connectivity index (χ2n) is 4.41. The molecule has 0 saturated carbocycles. The van der Waals surface area contributed by atoms with E-state index in [1.165, 1.54) is 23.9 Å². The van der Waals surface area contributed by atoms with Crippen molar-refractivity contribution in [3.63, 3.8) is 0 Å². The topological polar surface area (TPSA) is 50.9 Å². The fourth-order valence-corrected chi connectivity index (χ4v) is 1.91. The summed E-state index contributed by atoms with van der Waals surface area (Å²) >= 11 is 0. The first kappa shape index (κ1) is 13.6. The molecule has 0 radical (unpaired) electrons. The molecule has 1 N–H and O–H groups in total. The first-order chi connectivity index (χ1) is 9.04. The lowest BCUT2D eigenvalue weighted by Gasteiger charge is -2.14. The summed E-state index contributed by atoms with van der Waals surface area (Å²) in [6, 6.07) is 2.08. The molecule has 0 amide bonds. The molecule has 0 bridgehead atoms. The zero-order valence-electron chi connectivity index (χ0n) is 10.8. The van der Waals surface area contributed by atoms with Crippen LogP contribution >= 0.6 is 0 Å². The average molecular weight is 267 g/mol. The van der Waals surface area contributed by atoms with Crippen LogP contribution in [0.1, 0.15) is 36.3 Å². The molecule has 2 rings (SSSR count). The Morgan fingerprint density at radius 1 is 1.32 bits per heavy atom. The maximum atomic E-state index is 13.7. The van der Waals surface area contributed by atoms with Gasteiger partial charge in [0.15, 0.2) is 0 Å². The Labute approximate surface area is 109 Å². The zero-order valence-corrected chi connectivity index (χ0v) is 10.8. The van der Waals surface area contributed by atoms with Crippen molar-refractivity contribution in [3.05, 3.63) is 46.8 Å². The molecule has 0 aliphatic heterocycles. The van der Waals surface area contributed by atoms with Crippen LogP contribution in [0.15, 0.2) is 18.3 Å². The summed E-state index contributed by atoms with van der Waals surface area (Å²) in [5.41, 5.74) is 0.704. The van der Waals surface area contributed by atoms with Crippen molar-refractivity contribution < 1.29 is 13.9 Å². The summed E-state index contributed by atoms with van der Waals surface area (Å²) in [4.78, 5) is 0. The van der Waals surface area contributed by atoms with Gasteiger partial charge in [-0.3, -0.25) is 0 Å². The van der Waals surface area contributed by atoms with Crippen LogP contribution in [0.25, 0.3) is 0 Å². The van der Waals surface area contributed by atoms with Gasteiger partial charge in [0.05, 0.1) is 11.9 Å². The van der Waals surface area contributed by atoms with Crippen molar-refractivity contribution >= 4 is 0 Å². The molecule has 0 saturated heterocycles. The largest absolute Gasteiger partial charge is 0.382 e. The minimum absolute atomic E-state index is 0.0264. The van der Waals surface area contributed by atoms with Gasteiger partial charge in [0, 0.05) is 18.2 Å². The molecule has 102 valence electrons. The lowest BCUT2D eigenvalue weighted by atomic mass is 10.0. The highest BCUT2D eigenvalue weighted by Crippen LogP contribution is 2.26. The minimum atomic E-state index is -1.21. The van der Waals surface area contributed by atoms with Crippen molar-refractivity contribution in [2.24, 2.45) is 0 Å². The van der Waals surface area contributed by atoms with Crippen LogP contribution in [0.2, 0.25) is 0 Å². The van der Waals surface area contributed by atoms with Gasteiger partial charge in [-0.1, -0.05) is 12.1 Å². The highest BCUT2D eigenvalue weighted by Gasteiger charge is 2.21. The maximum Gasteiger partial charge on any atom is 0.132 e. The standard InChI is InChI=1S/C13H15F2N3O/c1-3-4-18-12(7-16-17-18)13(19)9-5-8(2)10(14)6-11(9)15/h5-7,13,19H,3-4H2,1-2H3. The summed E-state index contributed by atoms with van der Waals surface area (Å²) in [5, 5.41) is 17.8. The summed E-state index contributed by atoms with van der Waals surface area (Å²) in [5.74, 6) is -1.41. The number of aryl methyl sites for hydroxylation is 2. The van der Waals surface area contributed by atoms with Crippen LogP contribution in [-0.4, -0.2) is 20.1 Å². The molecule has 6 heteroatoms. The van der Waals surface area contributed by atoms with Crippen LogP contribution in [0.5, 0.6) is 0 Å². The number of benzene rings is 1. The maximum absolute atomic E-state index is 13.7. The molecular weight excluding hydrogens is 252 g/mol. The summed E-state index contributed by atoms with van der Waals surface area (Å²) in [6.07, 6.45) is 0.993. The van der Waals surface area contributed by atoms with Gasteiger partial charge in [-0.25, -0.2) is 13.5 Å². The van der Waals surface area contributed by atoms with Crippen molar-refractivity contribution in [2.45, 2.75) is 32.9 Å². The van der Waals surface area contributed by atoms with Crippen LogP contribution in [0.4, 0.5) is 8.78 Å². The zero-order chi connectivity index (χ0) is 14.0. The van der Waals surface area contributed by atoms with Crippen molar-refractivity contribution in [3.8, 4) is 0 Å². The SMILES string of the molecule is CCCn1nncc1C(O)c1cc(C)c(F)cc1F. The predicted octanol–water partition coefficient (Wildman–Crippen LogP) is 2.36. The fraction of sp³-hybridized carbons (Fsp3) is 0.385. The van der Waals surface area contributed by atoms with E-state index in [1.54, 1.807) is 0 Å². The molecule has 0 aliphatic carbocycles. The van der Waals surface area contributed by atoms with E-state index >= 15 is 0 Å². The van der Waals surface area contributed by atoms with Crippen molar-refractivity contribution in [2.75, 3.05) is 0 Å². The average Bonchev–Trinajstić information content (AvgIpc) is 2.82. The minimum Gasteiger partial charge on any atom is -0.382 e. The van der Waals surface area contributed by atoms with Crippen LogP contribution in [0, 0.1) is 18.6 Å². The summed E-state index contributed by atoms with van der Waals surface area (Å²) in [7, 11) is 0. The van der Waals surface area contributed by atoms with E-state index < -0.39 is 17.7 Å². The normalized spacial score (nSPS) is 12.7. The van der Waals surface area contributed by atoms with Gasteiger partial charge in [-0.15, -0.1) is 5.10 Å². The molecule has 0 spiro atoms. The second kappa shape index (κ2) is 5.44. The number of rotatable bonds is 4. The Morgan fingerprint density at radius 2 is 2.05 bits per heavy atom. The number of aliphatic hydroxyl groups excluding tert-OH is 1. The van der Waals surface area contributed by atoms with Crippen molar-refractivity contribution in [1.29, 1.82) is 0 Å². The van der Waals surface area contributed by atoms with Crippen LogP contribution in [-0.2, 0) is 6.54 Å². The van der Waals surface area contributed by atoms with Gasteiger partial charge in [-0.2, -0.15) is 0 Å². The van der Waals surface area contributed by atoms with Crippen LogP contribution in [0.3, 0.4) is 0 Å². The molecule has 4 nitrogen and oxygen atoms in total. The number of hydrogen-bond donors (Lipinski definition) is 1. The van der Waals surface area contributed by atoms with Gasteiger partial charge in [0.2, 0.25) is 0 Å². The quantitative estimate of drug-likeness (QED) is 0.925. The molecule has 1 unspecified atom stereocenters. The lowest BCUT2D eigenvalue weighted by Crippen LogP contribution is -2.12. The van der Waals surface area contributed by atoms with E-state index in [9.17, 15) is 13.9 Å². The number of halogens is 2. The molecule has 0 fully saturated rings. The Bertz CT molecular complexity index is 583. The van der Waals surface area contributed by atoms with Gasteiger partial charge >= 0.3 is 0 Å². The van der Waals surface area contributed by atoms with Crippen LogP contribution < -0.4 is 0 Å². The molecule has 0 aliphatic rings. The number of aromatic nitrogens is 3.